The van der Waals surface area contributed by atoms with Crippen molar-refractivity contribution in [3.63, 3.8) is 0 Å². The summed E-state index contributed by atoms with van der Waals surface area (Å²) in [6, 6.07) is -1.29. The van der Waals surface area contributed by atoms with Crippen molar-refractivity contribution in [2.24, 2.45) is 5.92 Å². The lowest BCUT2D eigenvalue weighted by atomic mass is 9.85. The Kier molecular flexibility index (Phi) is 10.9. The fourth-order valence-corrected chi connectivity index (χ4v) is 3.26. The van der Waals surface area contributed by atoms with E-state index in [2.05, 4.69) is 5.32 Å². The first-order chi connectivity index (χ1) is 12.0. The van der Waals surface area contributed by atoms with Crippen LogP contribution in [0.2, 0.25) is 0 Å². The van der Waals surface area contributed by atoms with Crippen LogP contribution >= 0.6 is 0 Å². The Hall–Kier alpha value is -1.62. The number of unbranched alkanes of at least 4 members (excludes halogenated alkanes) is 3. The number of hydrogen-bond donors (Lipinski definition) is 3. The third-order valence-corrected chi connectivity index (χ3v) is 4.75. The molecular formula is C20H33NO4. The molecule has 0 aliphatic heterocycles. The number of aliphatic hydroxyl groups excluding tert-OH is 1. The first kappa shape index (κ1) is 21.4. The van der Waals surface area contributed by atoms with Gasteiger partial charge in [0.25, 0.3) is 0 Å². The van der Waals surface area contributed by atoms with Crippen molar-refractivity contribution in [3.8, 4) is 0 Å². The number of rotatable bonds is 11. The number of carboxylic acid groups (broad SMARTS) is 1. The van der Waals surface area contributed by atoms with Gasteiger partial charge in [-0.2, -0.15) is 0 Å². The molecule has 25 heavy (non-hydrogen) atoms. The van der Waals surface area contributed by atoms with Crippen LogP contribution in [0.5, 0.6) is 0 Å². The minimum Gasteiger partial charge on any atom is -0.480 e. The van der Waals surface area contributed by atoms with E-state index in [-0.39, 0.29) is 0 Å². The summed E-state index contributed by atoms with van der Waals surface area (Å²) in [4.78, 5) is 22.4. The minimum atomic E-state index is -1.29. The quantitative estimate of drug-likeness (QED) is 0.302. The monoisotopic (exact) mass is 351 g/mol. The van der Waals surface area contributed by atoms with E-state index in [4.69, 9.17) is 5.11 Å². The Morgan fingerprint density at radius 1 is 1.12 bits per heavy atom. The highest BCUT2D eigenvalue weighted by Gasteiger charge is 2.23. The highest BCUT2D eigenvalue weighted by molar-refractivity contribution is 5.91. The van der Waals surface area contributed by atoms with Crippen LogP contribution in [0.3, 0.4) is 0 Å². The number of nitrogens with one attached hydrogen (secondary N) is 1. The molecular weight excluding hydrogens is 318 g/mol. The van der Waals surface area contributed by atoms with Crippen LogP contribution < -0.4 is 5.32 Å². The van der Waals surface area contributed by atoms with Gasteiger partial charge in [-0.25, -0.2) is 4.79 Å². The lowest BCUT2D eigenvalue weighted by molar-refractivity contribution is -0.144. The molecule has 142 valence electrons. The van der Waals surface area contributed by atoms with E-state index in [9.17, 15) is 14.7 Å². The third kappa shape index (κ3) is 10.1. The van der Waals surface area contributed by atoms with Gasteiger partial charge in [-0.15, -0.1) is 0 Å². The third-order valence-electron chi connectivity index (χ3n) is 4.75. The van der Waals surface area contributed by atoms with Gasteiger partial charge in [-0.05, 0) is 25.7 Å². The van der Waals surface area contributed by atoms with Crippen molar-refractivity contribution < 1.29 is 19.8 Å². The van der Waals surface area contributed by atoms with E-state index in [1.54, 1.807) is 12.2 Å². The zero-order chi connectivity index (χ0) is 18.5. The zero-order valence-corrected chi connectivity index (χ0v) is 15.3. The molecule has 1 rings (SSSR count). The van der Waals surface area contributed by atoms with Crippen molar-refractivity contribution in [3.05, 3.63) is 24.3 Å². The van der Waals surface area contributed by atoms with Gasteiger partial charge in [0, 0.05) is 6.08 Å². The molecule has 1 saturated carbocycles. The summed E-state index contributed by atoms with van der Waals surface area (Å²) in [5.41, 5.74) is 0. The molecule has 0 aromatic carbocycles. The molecule has 1 unspecified atom stereocenters. The summed E-state index contributed by atoms with van der Waals surface area (Å²) in [6.45, 7) is 1.33. The molecule has 0 radical (unpaired) electrons. The number of carbonyl (C=O) groups excluding carboxylic acids is 1. The van der Waals surface area contributed by atoms with Gasteiger partial charge in [-0.1, -0.05) is 69.6 Å². The average molecular weight is 351 g/mol. The zero-order valence-electron chi connectivity index (χ0n) is 15.3. The average Bonchev–Trinajstić information content (AvgIpc) is 2.58. The highest BCUT2D eigenvalue weighted by Crippen LogP contribution is 2.27. The van der Waals surface area contributed by atoms with E-state index < -0.39 is 24.0 Å². The van der Waals surface area contributed by atoms with Crippen LogP contribution in [-0.4, -0.2) is 34.2 Å². The molecule has 0 saturated heterocycles. The maximum Gasteiger partial charge on any atom is 0.328 e. The topological polar surface area (TPSA) is 86.6 Å². The molecule has 5 heteroatoms. The van der Waals surface area contributed by atoms with Crippen LogP contribution in [0.25, 0.3) is 0 Å². The first-order valence-corrected chi connectivity index (χ1v) is 9.55. The normalized spacial score (nSPS) is 18.5. The van der Waals surface area contributed by atoms with Crippen LogP contribution in [0.4, 0.5) is 0 Å². The Bertz CT molecular complexity index is 451. The number of carboxylic acids is 1. The van der Waals surface area contributed by atoms with Gasteiger partial charge in [0.2, 0.25) is 5.91 Å². The molecule has 0 bridgehead atoms. The Morgan fingerprint density at radius 3 is 2.48 bits per heavy atom. The number of aliphatic hydroxyl groups is 1. The number of amides is 1. The molecule has 1 fully saturated rings. The van der Waals surface area contributed by atoms with E-state index in [0.29, 0.717) is 0 Å². The number of carbonyl (C=O) groups is 2. The van der Waals surface area contributed by atoms with Crippen molar-refractivity contribution in [2.45, 2.75) is 83.3 Å². The van der Waals surface area contributed by atoms with E-state index >= 15 is 0 Å². The fraction of sp³-hybridized carbons (Fsp3) is 0.700. The molecule has 1 aliphatic rings. The summed E-state index contributed by atoms with van der Waals surface area (Å²) >= 11 is 0. The second-order valence-corrected chi connectivity index (χ2v) is 6.99. The molecule has 3 N–H and O–H groups in total. The van der Waals surface area contributed by atoms with Gasteiger partial charge in [0.15, 0.2) is 6.04 Å². The second-order valence-electron chi connectivity index (χ2n) is 6.99. The minimum absolute atomic E-state index is 0.523. The van der Waals surface area contributed by atoms with Gasteiger partial charge in [0.05, 0.1) is 6.10 Å². The maximum atomic E-state index is 11.6. The fourth-order valence-electron chi connectivity index (χ4n) is 3.26. The van der Waals surface area contributed by atoms with Gasteiger partial charge in [0.1, 0.15) is 0 Å². The van der Waals surface area contributed by atoms with E-state index in [1.165, 1.54) is 64.4 Å². The Labute approximate surface area is 151 Å². The SMILES string of the molecule is C[C@@H](O)C(NC(=O)/C=C/C=C/CCCCCC1CCCCC1)C(=O)O. The van der Waals surface area contributed by atoms with Crippen LogP contribution in [0, 0.1) is 5.92 Å². The van der Waals surface area contributed by atoms with Crippen molar-refractivity contribution in [1.29, 1.82) is 0 Å². The highest BCUT2D eigenvalue weighted by atomic mass is 16.4. The molecule has 1 aliphatic carbocycles. The lowest BCUT2D eigenvalue weighted by Gasteiger charge is -2.21. The van der Waals surface area contributed by atoms with Gasteiger partial charge >= 0.3 is 5.97 Å². The molecule has 1 amide bonds. The number of aliphatic carboxylic acids is 1. The molecule has 0 spiro atoms. The predicted molar refractivity (Wildman–Crippen MR) is 99.2 cm³/mol. The second kappa shape index (κ2) is 12.7. The molecule has 0 heterocycles. The van der Waals surface area contributed by atoms with Gasteiger partial charge < -0.3 is 15.5 Å². The predicted octanol–water partition coefficient (Wildman–Crippen LogP) is 3.58. The number of hydrogen-bond acceptors (Lipinski definition) is 3. The Morgan fingerprint density at radius 2 is 1.84 bits per heavy atom. The van der Waals surface area contributed by atoms with Crippen LogP contribution in [0.1, 0.15) is 71.1 Å². The summed E-state index contributed by atoms with van der Waals surface area (Å²) in [5.74, 6) is -0.812. The molecule has 2 atom stereocenters. The van der Waals surface area contributed by atoms with Crippen molar-refractivity contribution in [1.82, 2.24) is 5.32 Å². The molecule has 0 aromatic rings. The summed E-state index contributed by atoms with van der Waals surface area (Å²) in [7, 11) is 0. The molecule has 5 nitrogen and oxygen atoms in total. The summed E-state index contributed by atoms with van der Waals surface area (Å²) in [6.07, 6.45) is 18.7. The number of allylic oxidation sites excluding steroid dienone is 3. The van der Waals surface area contributed by atoms with Crippen LogP contribution in [0.15, 0.2) is 24.3 Å². The van der Waals surface area contributed by atoms with Gasteiger partial charge in [-0.3, -0.25) is 4.79 Å². The van der Waals surface area contributed by atoms with Crippen molar-refractivity contribution in [2.75, 3.05) is 0 Å². The molecule has 0 aromatic heterocycles. The smallest absolute Gasteiger partial charge is 0.328 e. The largest absolute Gasteiger partial charge is 0.480 e. The van der Waals surface area contributed by atoms with Crippen molar-refractivity contribution >= 4 is 11.9 Å². The summed E-state index contributed by atoms with van der Waals surface area (Å²) < 4.78 is 0. The standard InChI is InChI=1S/C20H33NO4/c1-16(22)19(20(24)25)21-18(23)15-11-6-4-2-3-5-8-12-17-13-9-7-10-14-17/h4,6,11,15-17,19,22H,2-3,5,7-10,12-14H2,1H3,(H,21,23)(H,24,25)/b6-4+,15-11+/t16-,19?/m1/s1. The van der Waals surface area contributed by atoms with E-state index in [1.807, 2.05) is 6.08 Å². The van der Waals surface area contributed by atoms with Crippen LogP contribution in [-0.2, 0) is 9.59 Å². The maximum absolute atomic E-state index is 11.6. The van der Waals surface area contributed by atoms with E-state index in [0.717, 1.165) is 18.8 Å². The first-order valence-electron chi connectivity index (χ1n) is 9.55. The Balaban J connectivity index is 2.08. The summed E-state index contributed by atoms with van der Waals surface area (Å²) in [5, 5.41) is 20.4. The lowest BCUT2D eigenvalue weighted by Crippen LogP contribution is -2.47.